The van der Waals surface area contributed by atoms with Gasteiger partial charge < -0.3 is 4.74 Å². The molecule has 0 aliphatic heterocycles. The molecule has 5 unspecified atom stereocenters. The zero-order valence-corrected chi connectivity index (χ0v) is 69.8. The molecule has 568 valence electrons. The van der Waals surface area contributed by atoms with Crippen LogP contribution in [-0.2, 0) is 48.1 Å². The number of rotatable bonds is 46. The van der Waals surface area contributed by atoms with Crippen LogP contribution in [0, 0.1) is 59.2 Å². The van der Waals surface area contributed by atoms with Crippen LogP contribution in [0.2, 0.25) is 0 Å². The smallest absolute Gasteiger partial charge is 0.305 e. The SMILES string of the molecule is COC(=O)CCCCCCCCCCc1cc2c3cc(CCC(C)CCCC(C)C)cc4c5cc(CCC(C)CCCC(C)C)cc6c7cc(CCC(C)CCCC(C)C)cc8c9cc(CCC(C)CCCC(C)C)cc%10c%11cc(CCC(C)CCCC(C)C)cc%12c(c1)c2c1c(c34)c(c56)c(c78)c(c%109)c1c%12%11. The predicted molar refractivity (Wildman–Crippen MR) is 472 cm³/mol. The quantitative estimate of drug-likeness (QED) is 0.0164. The Morgan fingerprint density at radius 2 is 0.396 bits per heavy atom. The van der Waals surface area contributed by atoms with E-state index in [4.69, 9.17) is 4.74 Å². The van der Waals surface area contributed by atoms with Crippen molar-refractivity contribution in [1.29, 1.82) is 0 Å². The molecule has 5 atom stereocenters. The fourth-order valence-electron chi connectivity index (χ4n) is 20.4. The number of carbonyl (C=O) groups is 1. The van der Waals surface area contributed by atoms with Crippen molar-refractivity contribution in [3.05, 3.63) is 106 Å². The zero-order valence-electron chi connectivity index (χ0n) is 69.8. The summed E-state index contributed by atoms with van der Waals surface area (Å²) >= 11 is 0. The van der Waals surface area contributed by atoms with Gasteiger partial charge in [-0.05, 0) is 305 Å². The number of fused-ring (bicyclic) bond motifs is 6. The second-order valence-electron chi connectivity index (χ2n) is 38.4. The van der Waals surface area contributed by atoms with Gasteiger partial charge in [0.25, 0.3) is 0 Å². The van der Waals surface area contributed by atoms with Crippen molar-refractivity contribution in [2.24, 2.45) is 59.2 Å². The Bertz CT molecular complexity index is 4700. The average molecular weight is 1420 g/mol. The van der Waals surface area contributed by atoms with Crippen molar-refractivity contribution in [3.8, 4) is 0 Å². The maximum atomic E-state index is 11.9. The first-order chi connectivity index (χ1) is 51.1. The van der Waals surface area contributed by atoms with Gasteiger partial charge in [0.1, 0.15) is 0 Å². The van der Waals surface area contributed by atoms with Crippen LogP contribution in [0.4, 0.5) is 0 Å². The molecule has 0 N–H and O–H groups in total. The summed E-state index contributed by atoms with van der Waals surface area (Å²) in [6.07, 6.45) is 42.5. The van der Waals surface area contributed by atoms with E-state index in [2.05, 4.69) is 177 Å². The Morgan fingerprint density at radius 1 is 0.217 bits per heavy atom. The van der Waals surface area contributed by atoms with Crippen molar-refractivity contribution in [1.82, 2.24) is 0 Å². The number of aryl methyl sites for hydroxylation is 6. The minimum absolute atomic E-state index is 0.0759. The Balaban J connectivity index is 1.11. The molecule has 0 heterocycles. The highest BCUT2D eigenvalue weighted by Crippen LogP contribution is 2.61. The molecular weight excluding hydrogens is 1280 g/mol. The minimum Gasteiger partial charge on any atom is -0.469 e. The maximum absolute atomic E-state index is 11.9. The van der Waals surface area contributed by atoms with Crippen LogP contribution in [0.15, 0.2) is 72.8 Å². The van der Waals surface area contributed by atoms with E-state index in [9.17, 15) is 4.79 Å². The Kier molecular flexibility index (Phi) is 25.8. The molecule has 0 radical (unpaired) electrons. The fourth-order valence-corrected chi connectivity index (χ4v) is 20.4. The molecule has 2 heteroatoms. The summed E-state index contributed by atoms with van der Waals surface area (Å²) in [5.74, 6) is 7.09. The molecule has 13 aromatic carbocycles. The second-order valence-corrected chi connectivity index (χ2v) is 38.4. The van der Waals surface area contributed by atoms with Crippen LogP contribution in [0.5, 0.6) is 0 Å². The molecule has 106 heavy (non-hydrogen) atoms. The average Bonchev–Trinajstić information content (AvgIpc) is 0.643. The number of hydrogen-bond donors (Lipinski definition) is 0. The third kappa shape index (κ3) is 17.1. The largest absolute Gasteiger partial charge is 0.469 e. The molecule has 0 spiro atoms. The van der Waals surface area contributed by atoms with E-state index in [0.29, 0.717) is 36.0 Å². The first-order valence-corrected chi connectivity index (χ1v) is 44.5. The monoisotopic (exact) mass is 1420 g/mol. The van der Waals surface area contributed by atoms with Crippen molar-refractivity contribution >= 4 is 135 Å². The Hall–Kier alpha value is -5.99. The number of esters is 1. The summed E-state index contributed by atoms with van der Waals surface area (Å²) < 4.78 is 4.95. The van der Waals surface area contributed by atoms with Gasteiger partial charge in [-0.3, -0.25) is 4.79 Å². The predicted octanol–water partition coefficient (Wildman–Crippen LogP) is 32.4. The van der Waals surface area contributed by atoms with Gasteiger partial charge in [-0.2, -0.15) is 0 Å². The van der Waals surface area contributed by atoms with Gasteiger partial charge in [-0.15, -0.1) is 0 Å². The van der Waals surface area contributed by atoms with E-state index in [-0.39, 0.29) is 5.97 Å². The molecular formula is C104H140O2. The first kappa shape index (κ1) is 78.1. The van der Waals surface area contributed by atoms with Gasteiger partial charge in [0.05, 0.1) is 7.11 Å². The molecule has 0 bridgehead atoms. The van der Waals surface area contributed by atoms with E-state index in [1.165, 1.54) is 288 Å². The standard InChI is InChI=1S/C104H140O2/c1-64(2)30-25-35-69(11)42-47-75-54-82-80-52-74(40-23-21-19-17-18-20-22-24-41-92(105)106-16)53-81-83-55-76(48-43-70(12)36-26-31-65(3)4)57-85-87-59-78(50-45-72(14)38-28-33-67(7)8)61-89-91-63-79(51-46-73(15)39-29-34-68(9)10)62-90-88-60-77(49-44-71(13)37-27-32-66(5)6)58-86-84(56-75)94(82)100-99(93(80)81)101(95(83)85)103(97(87)89)104(98(90)91)102(100)96(86)88/h52-73H,17-51H2,1-16H3. The van der Waals surface area contributed by atoms with E-state index in [0.717, 1.165) is 81.0 Å². The lowest BCUT2D eigenvalue weighted by molar-refractivity contribution is -0.140. The summed E-state index contributed by atoms with van der Waals surface area (Å²) in [4.78, 5) is 11.9. The lowest BCUT2D eigenvalue weighted by Gasteiger charge is -2.30. The summed E-state index contributed by atoms with van der Waals surface area (Å²) in [6.45, 7) is 36.8. The Labute approximate surface area is 641 Å². The third-order valence-electron chi connectivity index (χ3n) is 26.8. The van der Waals surface area contributed by atoms with Gasteiger partial charge in [-0.25, -0.2) is 0 Å². The Morgan fingerprint density at radius 3 is 0.585 bits per heavy atom. The topological polar surface area (TPSA) is 26.3 Å². The normalized spacial score (nSPS) is 14.5. The molecule has 13 rings (SSSR count). The molecule has 0 saturated heterocycles. The molecule has 0 aliphatic rings. The van der Waals surface area contributed by atoms with E-state index in [1.54, 1.807) is 48.5 Å². The van der Waals surface area contributed by atoms with Crippen molar-refractivity contribution in [3.63, 3.8) is 0 Å². The third-order valence-corrected chi connectivity index (χ3v) is 26.8. The van der Waals surface area contributed by atoms with Gasteiger partial charge in [0.15, 0.2) is 0 Å². The highest BCUT2D eigenvalue weighted by Gasteiger charge is 2.33. The van der Waals surface area contributed by atoms with Gasteiger partial charge in [0.2, 0.25) is 0 Å². The number of hydrogen-bond acceptors (Lipinski definition) is 2. The zero-order chi connectivity index (χ0) is 74.6. The molecule has 0 aliphatic carbocycles. The molecule has 0 saturated carbocycles. The number of carbonyl (C=O) groups excluding carboxylic acids is 1. The molecule has 0 aromatic heterocycles. The van der Waals surface area contributed by atoms with Crippen molar-refractivity contribution < 1.29 is 9.53 Å². The van der Waals surface area contributed by atoms with Crippen LogP contribution in [-0.4, -0.2) is 13.1 Å². The molecule has 2 nitrogen and oxygen atoms in total. The summed E-state index contributed by atoms with van der Waals surface area (Å²) in [7, 11) is 1.51. The summed E-state index contributed by atoms with van der Waals surface area (Å²) in [5.41, 5.74) is 9.19. The highest BCUT2D eigenvalue weighted by atomic mass is 16.5. The van der Waals surface area contributed by atoms with Crippen LogP contribution in [0.1, 0.15) is 323 Å². The van der Waals surface area contributed by atoms with Gasteiger partial charge in [0, 0.05) is 6.42 Å². The fraction of sp³-hybridized carbons (Fsp3) is 0.587. The molecule has 13 aromatic rings. The lowest BCUT2D eigenvalue weighted by Crippen LogP contribution is -2.04. The number of benzene rings is 13. The van der Waals surface area contributed by atoms with Gasteiger partial charge in [-0.1, -0.05) is 311 Å². The number of unbranched alkanes of at least 4 members (excludes halogenated alkanes) is 7. The first-order valence-electron chi connectivity index (χ1n) is 44.5. The number of methoxy groups -OCH3 is 1. The van der Waals surface area contributed by atoms with Crippen molar-refractivity contribution in [2.45, 2.75) is 329 Å². The summed E-state index contributed by atoms with van der Waals surface area (Å²) in [5, 5.41) is 36.7. The van der Waals surface area contributed by atoms with E-state index < -0.39 is 0 Å². The number of ether oxygens (including phenoxy) is 1. The van der Waals surface area contributed by atoms with Crippen LogP contribution < -0.4 is 0 Å². The lowest BCUT2D eigenvalue weighted by atomic mass is 9.72. The van der Waals surface area contributed by atoms with Crippen LogP contribution in [0.25, 0.3) is 129 Å². The summed E-state index contributed by atoms with van der Waals surface area (Å²) in [6, 6.07) is 33.3. The van der Waals surface area contributed by atoms with E-state index >= 15 is 0 Å². The molecule has 0 amide bonds. The van der Waals surface area contributed by atoms with Crippen LogP contribution in [0.3, 0.4) is 0 Å². The minimum atomic E-state index is -0.0759. The van der Waals surface area contributed by atoms with Crippen LogP contribution >= 0.6 is 0 Å². The molecule has 0 fully saturated rings. The highest BCUT2D eigenvalue weighted by molar-refractivity contribution is 6.61. The maximum Gasteiger partial charge on any atom is 0.305 e. The van der Waals surface area contributed by atoms with E-state index in [1.807, 2.05) is 0 Å². The second kappa shape index (κ2) is 34.9. The van der Waals surface area contributed by atoms with Crippen molar-refractivity contribution in [2.75, 3.05) is 7.11 Å². The van der Waals surface area contributed by atoms with Gasteiger partial charge >= 0.3 is 5.97 Å².